The second-order valence-electron chi connectivity index (χ2n) is 10.2. The summed E-state index contributed by atoms with van der Waals surface area (Å²) in [5.41, 5.74) is 6.28. The number of nitriles is 1. The molecule has 1 amide bonds. The molecule has 0 aliphatic rings. The maximum Gasteiger partial charge on any atom is 0.450 e. The number of nitrogens with zero attached hydrogens (tertiary/aromatic N) is 2. The van der Waals surface area contributed by atoms with Crippen molar-refractivity contribution in [1.82, 2.24) is 4.90 Å². The van der Waals surface area contributed by atoms with Crippen LogP contribution in [0.1, 0.15) is 70.6 Å². The molecule has 10 heteroatoms. The first-order chi connectivity index (χ1) is 19.5. The van der Waals surface area contributed by atoms with E-state index in [1.165, 1.54) is 30.0 Å². The molecule has 7 nitrogen and oxygen atoms in total. The predicted octanol–water partition coefficient (Wildman–Crippen LogP) is 6.36. The fourth-order valence-electron chi connectivity index (χ4n) is 5.00. The lowest BCUT2D eigenvalue weighted by Gasteiger charge is -2.35. The van der Waals surface area contributed by atoms with Crippen LogP contribution >= 0.6 is 0 Å². The summed E-state index contributed by atoms with van der Waals surface area (Å²) in [5, 5.41) is 9.68. The summed E-state index contributed by atoms with van der Waals surface area (Å²) in [5.74, 6) is -2.61. The quantitative estimate of drug-likeness (QED) is 0.253. The first-order valence-corrected chi connectivity index (χ1v) is 13.2. The number of aryl methyl sites for hydroxylation is 1. The first-order valence-electron chi connectivity index (χ1n) is 13.2. The van der Waals surface area contributed by atoms with Crippen LogP contribution < -0.4 is 11.2 Å². The third kappa shape index (κ3) is 6.20. The highest BCUT2D eigenvalue weighted by molar-refractivity contribution is 5.96. The molecule has 4 rings (SSSR count). The maximum atomic E-state index is 13.9. The molecule has 41 heavy (non-hydrogen) atoms. The highest BCUT2D eigenvalue weighted by Crippen LogP contribution is 2.38. The van der Waals surface area contributed by atoms with Crippen LogP contribution in [0.2, 0.25) is 0 Å². The van der Waals surface area contributed by atoms with E-state index in [4.69, 9.17) is 14.6 Å². The van der Waals surface area contributed by atoms with Gasteiger partial charge in [-0.05, 0) is 55.6 Å². The van der Waals surface area contributed by atoms with E-state index in [-0.39, 0.29) is 65.0 Å². The average molecular weight is 566 g/mol. The van der Waals surface area contributed by atoms with Gasteiger partial charge in [0.15, 0.2) is 5.43 Å². The van der Waals surface area contributed by atoms with Crippen molar-refractivity contribution in [2.45, 2.75) is 45.8 Å². The van der Waals surface area contributed by atoms with Gasteiger partial charge in [-0.2, -0.15) is 18.4 Å². The number of halogens is 3. The number of benzene rings is 2. The van der Waals surface area contributed by atoms with Crippen LogP contribution in [0.3, 0.4) is 0 Å². The van der Waals surface area contributed by atoms with Gasteiger partial charge in [0.2, 0.25) is 5.76 Å². The van der Waals surface area contributed by atoms with Crippen molar-refractivity contribution in [2.75, 3.05) is 13.1 Å². The van der Waals surface area contributed by atoms with Crippen molar-refractivity contribution >= 4 is 16.9 Å². The Balaban J connectivity index is 1.98. The van der Waals surface area contributed by atoms with E-state index in [0.717, 1.165) is 11.6 Å². The topological polar surface area (TPSA) is 113 Å². The molecular weight excluding hydrogens is 535 g/mol. The maximum absolute atomic E-state index is 13.9. The Morgan fingerprint density at radius 2 is 1.80 bits per heavy atom. The van der Waals surface area contributed by atoms with Crippen molar-refractivity contribution in [1.29, 1.82) is 5.26 Å². The van der Waals surface area contributed by atoms with Crippen LogP contribution in [0, 0.1) is 24.2 Å². The zero-order valence-electron chi connectivity index (χ0n) is 22.9. The molecule has 214 valence electrons. The summed E-state index contributed by atoms with van der Waals surface area (Å²) in [4.78, 5) is 29.1. The fraction of sp³-hybridized carbons (Fsp3) is 0.323. The van der Waals surface area contributed by atoms with E-state index in [1.54, 1.807) is 13.8 Å². The fourth-order valence-corrected chi connectivity index (χ4v) is 5.00. The summed E-state index contributed by atoms with van der Waals surface area (Å²) >= 11 is 0. The number of amides is 1. The second kappa shape index (κ2) is 12.0. The summed E-state index contributed by atoms with van der Waals surface area (Å²) in [6.07, 6.45) is -4.44. The third-order valence-electron chi connectivity index (χ3n) is 6.81. The van der Waals surface area contributed by atoms with Gasteiger partial charge >= 0.3 is 6.18 Å². The van der Waals surface area contributed by atoms with Gasteiger partial charge in [-0.25, -0.2) is 0 Å². The number of hydrogen-bond donors (Lipinski definition) is 1. The molecule has 0 radical (unpaired) electrons. The molecule has 0 aliphatic carbocycles. The minimum Gasteiger partial charge on any atom is -0.458 e. The number of carbonyl (C=O) groups is 1. The third-order valence-corrected chi connectivity index (χ3v) is 6.81. The molecule has 0 unspecified atom stereocenters. The number of alkyl halides is 3. The van der Waals surface area contributed by atoms with Gasteiger partial charge in [0.25, 0.3) is 5.91 Å². The Morgan fingerprint density at radius 1 is 1.10 bits per heavy atom. The lowest BCUT2D eigenvalue weighted by molar-refractivity contribution is -0.153. The number of nitrogens with two attached hydrogens (primary N) is 1. The van der Waals surface area contributed by atoms with Crippen molar-refractivity contribution in [3.63, 3.8) is 0 Å². The lowest BCUT2D eigenvalue weighted by Crippen LogP contribution is -2.40. The van der Waals surface area contributed by atoms with Crippen LogP contribution in [0.5, 0.6) is 0 Å². The molecule has 2 N–H and O–H groups in total. The molecule has 2 aromatic carbocycles. The number of hydrogen-bond acceptors (Lipinski definition) is 6. The molecular formula is C31H30F3N3O4. The van der Waals surface area contributed by atoms with Gasteiger partial charge in [-0.1, -0.05) is 44.2 Å². The van der Waals surface area contributed by atoms with E-state index >= 15 is 0 Å². The molecule has 2 heterocycles. The molecule has 0 fully saturated rings. The second-order valence-corrected chi connectivity index (χ2v) is 10.2. The first kappa shape index (κ1) is 29.6. The molecule has 0 aliphatic heterocycles. The number of rotatable bonds is 9. The number of carbonyl (C=O) groups excluding carboxylic acids is 1. The van der Waals surface area contributed by atoms with E-state index < -0.39 is 35.4 Å². The molecule has 2 aromatic heterocycles. The van der Waals surface area contributed by atoms with Gasteiger partial charge in [0.05, 0.1) is 28.6 Å². The molecule has 1 atom stereocenters. The number of fused-ring (bicyclic) bond motifs is 1. The van der Waals surface area contributed by atoms with Crippen molar-refractivity contribution in [3.8, 4) is 6.07 Å². The SMILES string of the molecule is Cc1cc(C(=O)N(CCCN)[C@@H](c2oc3cc(C#N)ccc3c(=O)c2Cc2ccccc2)C(C)C)c(C(F)(F)F)o1. The summed E-state index contributed by atoms with van der Waals surface area (Å²) in [6.45, 7) is 5.10. The van der Waals surface area contributed by atoms with E-state index in [1.807, 2.05) is 36.4 Å². The van der Waals surface area contributed by atoms with Crippen molar-refractivity contribution in [2.24, 2.45) is 11.7 Å². The van der Waals surface area contributed by atoms with Crippen LogP contribution in [0.4, 0.5) is 13.2 Å². The molecule has 0 saturated carbocycles. The summed E-state index contributed by atoms with van der Waals surface area (Å²) < 4.78 is 52.8. The van der Waals surface area contributed by atoms with Gasteiger partial charge < -0.3 is 19.5 Å². The lowest BCUT2D eigenvalue weighted by atomic mass is 9.91. The Labute approximate surface area is 235 Å². The van der Waals surface area contributed by atoms with E-state index in [0.29, 0.717) is 0 Å². The van der Waals surface area contributed by atoms with Gasteiger partial charge in [-0.3, -0.25) is 9.59 Å². The standard InChI is InChI=1S/C31H30F3N3O4/c1-18(2)26(37(13-7-12-35)30(39)24-14-19(3)40-29(24)31(32,33)34)28-23(15-20-8-5-4-6-9-20)27(38)22-11-10-21(17-36)16-25(22)41-28/h4-6,8-11,14,16,18,26H,7,12-13,15,35H2,1-3H3/t26-/m1/s1. The average Bonchev–Trinajstić information content (AvgIpc) is 3.34. The normalized spacial score (nSPS) is 12.5. The minimum atomic E-state index is -4.90. The Kier molecular flexibility index (Phi) is 8.69. The monoisotopic (exact) mass is 565 g/mol. The summed E-state index contributed by atoms with van der Waals surface area (Å²) in [7, 11) is 0. The highest BCUT2D eigenvalue weighted by Gasteiger charge is 2.43. The van der Waals surface area contributed by atoms with Gasteiger partial charge in [0.1, 0.15) is 17.1 Å². The smallest absolute Gasteiger partial charge is 0.450 e. The highest BCUT2D eigenvalue weighted by atomic mass is 19.4. The predicted molar refractivity (Wildman–Crippen MR) is 147 cm³/mol. The van der Waals surface area contributed by atoms with Crippen molar-refractivity contribution in [3.05, 3.63) is 104 Å². The summed E-state index contributed by atoms with van der Waals surface area (Å²) in [6, 6.07) is 15.8. The van der Waals surface area contributed by atoms with Gasteiger partial charge in [0, 0.05) is 18.5 Å². The van der Waals surface area contributed by atoms with E-state index in [2.05, 4.69) is 0 Å². The minimum absolute atomic E-state index is 0.00443. The molecule has 4 aromatic rings. The largest absolute Gasteiger partial charge is 0.458 e. The van der Waals surface area contributed by atoms with Crippen LogP contribution in [-0.4, -0.2) is 23.9 Å². The molecule has 0 spiro atoms. The van der Waals surface area contributed by atoms with E-state index in [9.17, 15) is 28.0 Å². The molecule has 0 saturated heterocycles. The van der Waals surface area contributed by atoms with Crippen LogP contribution in [-0.2, 0) is 12.6 Å². The van der Waals surface area contributed by atoms with Gasteiger partial charge in [-0.15, -0.1) is 0 Å². The zero-order chi connectivity index (χ0) is 29.9. The van der Waals surface area contributed by atoms with Crippen LogP contribution in [0.15, 0.2) is 68.2 Å². The Bertz CT molecular complexity index is 1650. The van der Waals surface area contributed by atoms with Crippen LogP contribution in [0.25, 0.3) is 11.0 Å². The Hall–Kier alpha value is -4.36. The zero-order valence-corrected chi connectivity index (χ0v) is 22.9. The molecule has 0 bridgehead atoms. The number of furan rings is 1. The van der Waals surface area contributed by atoms with Crippen molar-refractivity contribution < 1.29 is 26.8 Å². The Morgan fingerprint density at radius 3 is 2.41 bits per heavy atom.